The van der Waals surface area contributed by atoms with Crippen molar-refractivity contribution in [1.82, 2.24) is 9.47 Å². The molecule has 1 saturated heterocycles. The zero-order valence-electron chi connectivity index (χ0n) is 20.7. The standard InChI is InChI=1S/C25H23F4N5O5S/c26-18-11-17-19(34(15-3-4-15)21(23(36)37)13-22(17)35)12-20(18)32-7-9-33(10-8-32)24(30)31-40(38,39)16-5-1-14(2-6-16)25(27,28)29/h1-2,5-6,11-13,15H,3-4,7-10H2,(H2,30,31)(H,36,37). The van der Waals surface area contributed by atoms with Gasteiger partial charge in [-0.05, 0) is 49.2 Å². The van der Waals surface area contributed by atoms with Crippen LogP contribution in [0.1, 0.15) is 34.9 Å². The average molecular weight is 582 g/mol. The Morgan fingerprint density at radius 3 is 2.20 bits per heavy atom. The van der Waals surface area contributed by atoms with Gasteiger partial charge in [0.2, 0.25) is 5.96 Å². The van der Waals surface area contributed by atoms with Crippen LogP contribution in [0.3, 0.4) is 0 Å². The molecule has 2 aliphatic rings. The molecule has 1 aliphatic carbocycles. The van der Waals surface area contributed by atoms with Crippen LogP contribution in [0.2, 0.25) is 0 Å². The first-order valence-electron chi connectivity index (χ1n) is 12.2. The lowest BCUT2D eigenvalue weighted by Crippen LogP contribution is -2.51. The number of carboxylic acid groups (broad SMARTS) is 1. The molecule has 0 spiro atoms. The van der Waals surface area contributed by atoms with Crippen molar-refractivity contribution < 1.29 is 35.9 Å². The fourth-order valence-electron chi connectivity index (χ4n) is 4.71. The number of nitrogens with two attached hydrogens (primary N) is 1. The number of carboxylic acids is 1. The molecule has 3 aromatic rings. The van der Waals surface area contributed by atoms with Crippen molar-refractivity contribution in [1.29, 1.82) is 0 Å². The maximum atomic E-state index is 15.1. The van der Waals surface area contributed by atoms with E-state index in [0.29, 0.717) is 17.6 Å². The number of pyridine rings is 1. The van der Waals surface area contributed by atoms with Crippen LogP contribution in [0, 0.1) is 5.82 Å². The molecule has 0 unspecified atom stereocenters. The molecule has 0 amide bonds. The molecule has 0 atom stereocenters. The third kappa shape index (κ3) is 5.20. The van der Waals surface area contributed by atoms with Gasteiger partial charge in [-0.1, -0.05) is 0 Å². The molecule has 40 heavy (non-hydrogen) atoms. The smallest absolute Gasteiger partial charge is 0.416 e. The minimum Gasteiger partial charge on any atom is -0.477 e. The molecule has 1 saturated carbocycles. The Morgan fingerprint density at radius 2 is 1.65 bits per heavy atom. The number of aromatic carboxylic acids is 1. The van der Waals surface area contributed by atoms with Gasteiger partial charge in [0.15, 0.2) is 5.43 Å². The Bertz CT molecular complexity index is 1690. The Hall–Kier alpha value is -4.14. The monoisotopic (exact) mass is 581 g/mol. The van der Waals surface area contributed by atoms with Gasteiger partial charge in [-0.2, -0.15) is 21.6 Å². The maximum absolute atomic E-state index is 15.1. The molecule has 1 aliphatic heterocycles. The Morgan fingerprint density at radius 1 is 1.02 bits per heavy atom. The van der Waals surface area contributed by atoms with E-state index in [2.05, 4.69) is 4.40 Å². The van der Waals surface area contributed by atoms with Crippen LogP contribution in [0.15, 0.2) is 56.6 Å². The van der Waals surface area contributed by atoms with Crippen LogP contribution in [-0.4, -0.2) is 61.1 Å². The molecule has 3 N–H and O–H groups in total. The molecule has 1 aromatic heterocycles. The van der Waals surface area contributed by atoms with E-state index in [1.807, 2.05) is 0 Å². The Labute approximate surface area is 225 Å². The summed E-state index contributed by atoms with van der Waals surface area (Å²) >= 11 is 0. The highest BCUT2D eigenvalue weighted by atomic mass is 32.2. The van der Waals surface area contributed by atoms with Gasteiger partial charge in [-0.15, -0.1) is 4.40 Å². The number of hydrogen-bond donors (Lipinski definition) is 2. The molecule has 15 heteroatoms. The number of hydrogen-bond acceptors (Lipinski definition) is 5. The van der Waals surface area contributed by atoms with Crippen molar-refractivity contribution in [3.8, 4) is 0 Å². The fourth-order valence-corrected chi connectivity index (χ4v) is 5.66. The van der Waals surface area contributed by atoms with Gasteiger partial charge in [-0.3, -0.25) is 4.79 Å². The number of guanidine groups is 1. The fraction of sp³-hybridized carbons (Fsp3) is 0.320. The van der Waals surface area contributed by atoms with Gasteiger partial charge in [0.25, 0.3) is 10.0 Å². The third-order valence-corrected chi connectivity index (χ3v) is 8.18. The SMILES string of the molecule is N/C(=N\S(=O)(=O)c1ccc(C(F)(F)F)cc1)N1CCN(c2cc3c(cc2F)c(=O)cc(C(=O)O)n3C2CC2)CC1. The van der Waals surface area contributed by atoms with Crippen LogP contribution < -0.4 is 16.1 Å². The topological polar surface area (TPSA) is 138 Å². The number of piperazine rings is 1. The summed E-state index contributed by atoms with van der Waals surface area (Å²) in [6, 6.07) is 6.32. The Kier molecular flexibility index (Phi) is 6.72. The zero-order chi connectivity index (χ0) is 29.0. The minimum absolute atomic E-state index is 0.0710. The summed E-state index contributed by atoms with van der Waals surface area (Å²) in [6.07, 6.45) is -3.15. The van der Waals surface area contributed by atoms with E-state index in [-0.39, 0.29) is 54.9 Å². The molecule has 2 fully saturated rings. The molecule has 0 radical (unpaired) electrons. The largest absolute Gasteiger partial charge is 0.477 e. The minimum atomic E-state index is -4.62. The second kappa shape index (κ2) is 9.80. The van der Waals surface area contributed by atoms with Gasteiger partial charge in [-0.25, -0.2) is 9.18 Å². The normalized spacial score (nSPS) is 16.9. The summed E-state index contributed by atoms with van der Waals surface area (Å²) in [5.41, 5.74) is 4.60. The summed E-state index contributed by atoms with van der Waals surface area (Å²) in [5.74, 6) is -2.30. The number of anilines is 1. The van der Waals surface area contributed by atoms with Crippen LogP contribution in [0.4, 0.5) is 23.2 Å². The van der Waals surface area contributed by atoms with Crippen molar-refractivity contribution in [2.45, 2.75) is 30.0 Å². The van der Waals surface area contributed by atoms with Gasteiger partial charge in [0.05, 0.1) is 21.7 Å². The molecule has 5 rings (SSSR count). The van der Waals surface area contributed by atoms with E-state index in [1.54, 1.807) is 9.47 Å². The molecular weight excluding hydrogens is 558 g/mol. The number of alkyl halides is 3. The molecule has 212 valence electrons. The van der Waals surface area contributed by atoms with Crippen LogP contribution in [-0.2, 0) is 16.2 Å². The molecule has 2 heterocycles. The van der Waals surface area contributed by atoms with Crippen molar-refractivity contribution in [3.63, 3.8) is 0 Å². The van der Waals surface area contributed by atoms with Crippen LogP contribution in [0.5, 0.6) is 0 Å². The summed E-state index contributed by atoms with van der Waals surface area (Å²) in [5, 5.41) is 9.69. The van der Waals surface area contributed by atoms with E-state index >= 15 is 4.39 Å². The number of benzene rings is 2. The summed E-state index contributed by atoms with van der Waals surface area (Å²) in [4.78, 5) is 27.0. The number of halogens is 4. The quantitative estimate of drug-likeness (QED) is 0.267. The van der Waals surface area contributed by atoms with Crippen molar-refractivity contribution >= 4 is 38.5 Å². The molecular formula is C25H23F4N5O5S. The zero-order valence-corrected chi connectivity index (χ0v) is 21.5. The van der Waals surface area contributed by atoms with Gasteiger partial charge in [0, 0.05) is 43.7 Å². The molecule has 2 aromatic carbocycles. The van der Waals surface area contributed by atoms with E-state index in [4.69, 9.17) is 5.73 Å². The lowest BCUT2D eigenvalue weighted by Gasteiger charge is -2.36. The lowest BCUT2D eigenvalue weighted by atomic mass is 10.1. The number of carbonyl (C=O) groups is 1. The highest BCUT2D eigenvalue weighted by Gasteiger charge is 2.32. The summed E-state index contributed by atoms with van der Waals surface area (Å²) < 4.78 is 83.8. The molecule has 10 nitrogen and oxygen atoms in total. The first-order chi connectivity index (χ1) is 18.8. The Balaban J connectivity index is 1.37. The van der Waals surface area contributed by atoms with Gasteiger partial charge < -0.3 is 25.2 Å². The van der Waals surface area contributed by atoms with Gasteiger partial charge in [0.1, 0.15) is 11.5 Å². The summed E-state index contributed by atoms with van der Waals surface area (Å²) in [7, 11) is -4.39. The number of sulfonamides is 1. The number of aromatic nitrogens is 1. The summed E-state index contributed by atoms with van der Waals surface area (Å²) in [6.45, 7) is 0.649. The number of nitrogens with zero attached hydrogens (tertiary/aromatic N) is 4. The van der Waals surface area contributed by atoms with E-state index in [9.17, 15) is 36.3 Å². The predicted molar refractivity (Wildman–Crippen MR) is 137 cm³/mol. The van der Waals surface area contributed by atoms with Crippen LogP contribution in [0.25, 0.3) is 10.9 Å². The molecule has 0 bridgehead atoms. The lowest BCUT2D eigenvalue weighted by molar-refractivity contribution is -0.137. The first-order valence-corrected chi connectivity index (χ1v) is 13.6. The third-order valence-electron chi connectivity index (χ3n) is 6.89. The van der Waals surface area contributed by atoms with Gasteiger partial charge >= 0.3 is 12.1 Å². The predicted octanol–water partition coefficient (Wildman–Crippen LogP) is 3.02. The van der Waals surface area contributed by atoms with E-state index in [0.717, 1.165) is 37.1 Å². The highest BCUT2D eigenvalue weighted by molar-refractivity contribution is 7.90. The van der Waals surface area contributed by atoms with Crippen molar-refractivity contribution in [3.05, 3.63) is 69.8 Å². The second-order valence-electron chi connectivity index (χ2n) is 9.54. The number of rotatable bonds is 5. The van der Waals surface area contributed by atoms with E-state index < -0.39 is 43.9 Å². The maximum Gasteiger partial charge on any atom is 0.416 e. The highest BCUT2D eigenvalue weighted by Crippen LogP contribution is 2.39. The average Bonchev–Trinajstić information content (AvgIpc) is 3.73. The van der Waals surface area contributed by atoms with Crippen molar-refractivity contribution in [2.75, 3.05) is 31.1 Å². The number of fused-ring (bicyclic) bond motifs is 1. The second-order valence-corrected chi connectivity index (χ2v) is 11.1. The first kappa shape index (κ1) is 27.4. The van der Waals surface area contributed by atoms with Crippen LogP contribution >= 0.6 is 0 Å². The van der Waals surface area contributed by atoms with Crippen molar-refractivity contribution in [2.24, 2.45) is 10.1 Å². The van der Waals surface area contributed by atoms with E-state index in [1.165, 1.54) is 11.0 Å².